The summed E-state index contributed by atoms with van der Waals surface area (Å²) < 4.78 is 28.1. The minimum Gasteiger partial charge on any atom is -0.252 e. The summed E-state index contributed by atoms with van der Waals surface area (Å²) >= 11 is 0. The number of nitrogens with zero attached hydrogens (tertiary/aromatic N) is 4. The molecule has 0 amide bonds. The Hall–Kier alpha value is -3.07. The summed E-state index contributed by atoms with van der Waals surface area (Å²) in [6, 6.07) is 14.7. The lowest BCUT2D eigenvalue weighted by Gasteiger charge is -2.18. The molecule has 0 aliphatic rings. The first-order chi connectivity index (χ1) is 12.2. The predicted molar refractivity (Wildman–Crippen MR) is 88.6 cm³/mol. The molecule has 0 unspecified atom stereocenters. The third-order valence-corrected chi connectivity index (χ3v) is 4.06. The van der Waals surface area contributed by atoms with Crippen molar-refractivity contribution in [1.29, 1.82) is 5.26 Å². The molecule has 1 aromatic heterocycles. The highest BCUT2D eigenvalue weighted by atomic mass is 19.1. The number of aryl methyl sites for hydroxylation is 1. The molecule has 0 spiro atoms. The van der Waals surface area contributed by atoms with Crippen LogP contribution in [0.1, 0.15) is 35.7 Å². The van der Waals surface area contributed by atoms with Crippen LogP contribution in [-0.2, 0) is 6.54 Å². The average molecular weight is 338 g/mol. The Morgan fingerprint density at radius 2 is 1.52 bits per heavy atom. The molecule has 0 bridgehead atoms. The van der Waals surface area contributed by atoms with E-state index >= 15 is 0 Å². The molecule has 6 heteroatoms. The largest absolute Gasteiger partial charge is 0.252 e. The van der Waals surface area contributed by atoms with Crippen LogP contribution in [0.4, 0.5) is 8.78 Å². The van der Waals surface area contributed by atoms with Gasteiger partial charge in [0.1, 0.15) is 24.0 Å². The normalized spacial score (nSPS) is 10.8. The lowest BCUT2D eigenvalue weighted by molar-refractivity contribution is 0.534. The van der Waals surface area contributed by atoms with Gasteiger partial charge >= 0.3 is 0 Å². The molecule has 3 aromatic rings. The molecule has 0 fully saturated rings. The fourth-order valence-electron chi connectivity index (χ4n) is 2.83. The van der Waals surface area contributed by atoms with E-state index in [9.17, 15) is 8.78 Å². The Balaban J connectivity index is 1.75. The molecule has 4 nitrogen and oxygen atoms in total. The van der Waals surface area contributed by atoms with E-state index in [1.165, 1.54) is 30.6 Å². The van der Waals surface area contributed by atoms with Gasteiger partial charge in [0, 0.05) is 12.5 Å². The van der Waals surface area contributed by atoms with E-state index < -0.39 is 0 Å². The van der Waals surface area contributed by atoms with Crippen LogP contribution in [0.25, 0.3) is 0 Å². The van der Waals surface area contributed by atoms with Gasteiger partial charge in [0.15, 0.2) is 0 Å². The zero-order valence-corrected chi connectivity index (χ0v) is 13.4. The zero-order chi connectivity index (χ0) is 17.6. The van der Waals surface area contributed by atoms with Crippen LogP contribution in [0, 0.1) is 23.0 Å². The van der Waals surface area contributed by atoms with Crippen LogP contribution in [0.5, 0.6) is 0 Å². The second kappa shape index (κ2) is 7.67. The monoisotopic (exact) mass is 338 g/mol. The van der Waals surface area contributed by atoms with E-state index in [2.05, 4.69) is 10.1 Å². The second-order valence-electron chi connectivity index (χ2n) is 5.74. The Labute approximate surface area is 144 Å². The maximum Gasteiger partial charge on any atom is 0.252 e. The fraction of sp³-hybridized carbons (Fsp3) is 0.211. The Morgan fingerprint density at radius 1 is 0.960 bits per heavy atom. The number of benzene rings is 2. The summed E-state index contributed by atoms with van der Waals surface area (Å²) in [5.41, 5.74) is 1.95. The number of halogens is 2. The van der Waals surface area contributed by atoms with Gasteiger partial charge in [-0.15, -0.1) is 5.10 Å². The minimum absolute atomic E-state index is 0.0279. The number of rotatable bonds is 6. The van der Waals surface area contributed by atoms with Crippen LogP contribution in [0.2, 0.25) is 0 Å². The first-order valence-electron chi connectivity index (χ1n) is 7.96. The van der Waals surface area contributed by atoms with Gasteiger partial charge in [-0.05, 0) is 48.2 Å². The van der Waals surface area contributed by atoms with Crippen molar-refractivity contribution >= 4 is 0 Å². The summed E-state index contributed by atoms with van der Waals surface area (Å²) in [5.74, 6) is -0.393. The van der Waals surface area contributed by atoms with E-state index in [4.69, 9.17) is 5.26 Å². The SMILES string of the molecule is N#Cc1ncn(CCCC(c2ccc(F)cc2)c2ccc(F)cc2)n1. The van der Waals surface area contributed by atoms with Crippen LogP contribution in [0.3, 0.4) is 0 Å². The molecular formula is C19H16F2N4. The quantitative estimate of drug-likeness (QED) is 0.681. The lowest BCUT2D eigenvalue weighted by Crippen LogP contribution is -2.05. The number of hydrogen-bond donors (Lipinski definition) is 0. The maximum absolute atomic E-state index is 13.2. The summed E-state index contributed by atoms with van der Waals surface area (Å²) in [7, 11) is 0. The standard InChI is InChI=1S/C19H16F2N4/c20-16-7-3-14(4-8-16)18(15-5-9-17(21)10-6-15)2-1-11-25-13-23-19(12-22)24-25/h3-10,13,18H,1-2,11H2. The van der Waals surface area contributed by atoms with Gasteiger partial charge in [-0.1, -0.05) is 24.3 Å². The first kappa shape index (κ1) is 16.8. The first-order valence-corrected chi connectivity index (χ1v) is 7.96. The number of nitriles is 1. The van der Waals surface area contributed by atoms with Gasteiger partial charge in [-0.25, -0.2) is 13.8 Å². The molecule has 2 aromatic carbocycles. The van der Waals surface area contributed by atoms with Gasteiger partial charge < -0.3 is 0 Å². The Morgan fingerprint density at radius 3 is 2.00 bits per heavy atom. The third-order valence-electron chi connectivity index (χ3n) is 4.06. The topological polar surface area (TPSA) is 54.5 Å². The van der Waals surface area contributed by atoms with Gasteiger partial charge in [0.05, 0.1) is 0 Å². The van der Waals surface area contributed by atoms with Crippen LogP contribution in [-0.4, -0.2) is 14.8 Å². The summed E-state index contributed by atoms with van der Waals surface area (Å²) in [6.07, 6.45) is 3.09. The Kier molecular flexibility index (Phi) is 5.14. The number of hydrogen-bond acceptors (Lipinski definition) is 3. The molecule has 0 N–H and O–H groups in total. The minimum atomic E-state index is -0.284. The molecule has 0 saturated heterocycles. The molecule has 0 radical (unpaired) electrons. The Bertz CT molecular complexity index is 818. The molecule has 0 saturated carbocycles. The van der Waals surface area contributed by atoms with E-state index in [-0.39, 0.29) is 23.4 Å². The van der Waals surface area contributed by atoms with Gasteiger partial charge in [0.25, 0.3) is 5.82 Å². The molecule has 3 rings (SSSR count). The van der Waals surface area contributed by atoms with Crippen molar-refractivity contribution in [2.75, 3.05) is 0 Å². The smallest absolute Gasteiger partial charge is 0.252 e. The van der Waals surface area contributed by atoms with Crippen molar-refractivity contribution < 1.29 is 8.78 Å². The van der Waals surface area contributed by atoms with Crippen molar-refractivity contribution in [2.24, 2.45) is 0 Å². The highest BCUT2D eigenvalue weighted by Gasteiger charge is 2.15. The average Bonchev–Trinajstić information content (AvgIpc) is 3.09. The summed E-state index contributed by atoms with van der Waals surface area (Å²) in [6.45, 7) is 0.619. The van der Waals surface area contributed by atoms with Crippen LogP contribution >= 0.6 is 0 Å². The van der Waals surface area contributed by atoms with Crippen LogP contribution < -0.4 is 0 Å². The molecule has 25 heavy (non-hydrogen) atoms. The van der Waals surface area contributed by atoms with Crippen LogP contribution in [0.15, 0.2) is 54.9 Å². The molecule has 0 aliphatic carbocycles. The van der Waals surface area contributed by atoms with E-state index in [1.54, 1.807) is 28.9 Å². The molecular weight excluding hydrogens is 322 g/mol. The summed E-state index contributed by atoms with van der Waals surface area (Å²) in [5, 5.41) is 12.8. The third kappa shape index (κ3) is 4.27. The highest BCUT2D eigenvalue weighted by molar-refractivity contribution is 5.32. The zero-order valence-electron chi connectivity index (χ0n) is 13.4. The van der Waals surface area contributed by atoms with E-state index in [0.717, 1.165) is 24.0 Å². The van der Waals surface area contributed by atoms with Crippen molar-refractivity contribution in [3.8, 4) is 6.07 Å². The summed E-state index contributed by atoms with van der Waals surface area (Å²) in [4.78, 5) is 3.88. The van der Waals surface area contributed by atoms with E-state index in [1.807, 2.05) is 6.07 Å². The van der Waals surface area contributed by atoms with E-state index in [0.29, 0.717) is 6.54 Å². The van der Waals surface area contributed by atoms with Crippen molar-refractivity contribution in [3.05, 3.63) is 83.4 Å². The molecule has 1 heterocycles. The molecule has 126 valence electrons. The highest BCUT2D eigenvalue weighted by Crippen LogP contribution is 2.29. The fourth-order valence-corrected chi connectivity index (χ4v) is 2.83. The van der Waals surface area contributed by atoms with Crippen molar-refractivity contribution in [2.45, 2.75) is 25.3 Å². The van der Waals surface area contributed by atoms with Gasteiger partial charge in [0.2, 0.25) is 0 Å². The lowest BCUT2D eigenvalue weighted by atomic mass is 9.87. The van der Waals surface area contributed by atoms with Crippen molar-refractivity contribution in [3.63, 3.8) is 0 Å². The number of aromatic nitrogens is 3. The van der Waals surface area contributed by atoms with Gasteiger partial charge in [-0.3, -0.25) is 4.68 Å². The predicted octanol–water partition coefficient (Wildman–Crippen LogP) is 4.04. The maximum atomic E-state index is 13.2. The van der Waals surface area contributed by atoms with Gasteiger partial charge in [-0.2, -0.15) is 5.26 Å². The van der Waals surface area contributed by atoms with Crippen molar-refractivity contribution in [1.82, 2.24) is 14.8 Å². The molecule has 0 atom stereocenters. The second-order valence-corrected chi connectivity index (χ2v) is 5.74. The molecule has 0 aliphatic heterocycles.